The fourth-order valence-electron chi connectivity index (χ4n) is 9.78. The molecule has 0 aliphatic heterocycles. The molecule has 0 saturated carbocycles. The number of nitrogens with zero attached hydrogens (tertiary/aromatic N) is 1. The molecular weight excluding hydrogens is 791 g/mol. The monoisotopic (exact) mass is 829 g/mol. The van der Waals surface area contributed by atoms with Gasteiger partial charge in [-0.2, -0.15) is 0 Å². The van der Waals surface area contributed by atoms with Crippen LogP contribution < -0.4 is 4.90 Å². The van der Waals surface area contributed by atoms with Gasteiger partial charge in [0, 0.05) is 44.0 Å². The van der Waals surface area contributed by atoms with E-state index in [4.69, 9.17) is 8.83 Å². The first kappa shape index (κ1) is 36.9. The zero-order chi connectivity index (χ0) is 42.8. The Morgan fingerprint density at radius 1 is 0.262 bits per heavy atom. The van der Waals surface area contributed by atoms with Gasteiger partial charge in [0.15, 0.2) is 0 Å². The summed E-state index contributed by atoms with van der Waals surface area (Å²) in [6, 6.07) is 84.8. The highest BCUT2D eigenvalue weighted by molar-refractivity contribution is 6.14. The molecule has 13 aromatic rings. The fourth-order valence-corrected chi connectivity index (χ4v) is 9.78. The first-order valence-electron chi connectivity index (χ1n) is 22.1. The Bertz CT molecular complexity index is 3950. The number of anilines is 3. The third-order valence-corrected chi connectivity index (χ3v) is 13.0. The van der Waals surface area contributed by atoms with Crippen molar-refractivity contribution in [1.29, 1.82) is 0 Å². The Labute approximate surface area is 375 Å². The number of rotatable bonds is 7. The van der Waals surface area contributed by atoms with E-state index in [-0.39, 0.29) is 0 Å². The molecule has 65 heavy (non-hydrogen) atoms. The third kappa shape index (κ3) is 6.36. The number of para-hydroxylation sites is 3. The summed E-state index contributed by atoms with van der Waals surface area (Å²) in [7, 11) is 0. The smallest absolute Gasteiger partial charge is 0.143 e. The third-order valence-electron chi connectivity index (χ3n) is 13.0. The highest BCUT2D eigenvalue weighted by Gasteiger charge is 2.21. The maximum absolute atomic E-state index is 6.81. The van der Waals surface area contributed by atoms with Gasteiger partial charge < -0.3 is 13.7 Å². The quantitative estimate of drug-likeness (QED) is 0.160. The molecule has 3 heteroatoms. The van der Waals surface area contributed by atoms with Gasteiger partial charge in [-0.3, -0.25) is 0 Å². The number of hydrogen-bond acceptors (Lipinski definition) is 3. The van der Waals surface area contributed by atoms with Crippen LogP contribution in [-0.2, 0) is 0 Å². The van der Waals surface area contributed by atoms with Crippen LogP contribution in [0.2, 0.25) is 0 Å². The highest BCUT2D eigenvalue weighted by Crippen LogP contribution is 2.45. The fraction of sp³-hybridized carbons (Fsp3) is 0. The normalized spacial score (nSPS) is 11.7. The summed E-state index contributed by atoms with van der Waals surface area (Å²) < 4.78 is 13.1. The molecule has 2 heterocycles. The van der Waals surface area contributed by atoms with Crippen LogP contribution in [-0.4, -0.2) is 0 Å². The van der Waals surface area contributed by atoms with Gasteiger partial charge in [0.05, 0.1) is 5.69 Å². The SMILES string of the molecule is c1cc(-c2ccc(N(c3ccc(-c4ccc5c(c4)oc4ccccc45)cc3)c3ccccc3-c3cccc4c3oc3cc5ccccc5cc34)cc2)cc(-c2ccc3ccccc3c2)c1. The molecule has 0 N–H and O–H groups in total. The minimum absolute atomic E-state index is 0.878. The molecule has 0 saturated heterocycles. The summed E-state index contributed by atoms with van der Waals surface area (Å²) >= 11 is 0. The van der Waals surface area contributed by atoms with Crippen molar-refractivity contribution < 1.29 is 8.83 Å². The van der Waals surface area contributed by atoms with E-state index in [9.17, 15) is 0 Å². The molecule has 2 aromatic heterocycles. The second-order valence-electron chi connectivity index (χ2n) is 16.9. The molecule has 0 radical (unpaired) electrons. The lowest BCUT2D eigenvalue weighted by Gasteiger charge is -2.28. The summed E-state index contributed by atoms with van der Waals surface area (Å²) in [5.41, 5.74) is 15.8. The van der Waals surface area contributed by atoms with Crippen LogP contribution in [0.4, 0.5) is 17.1 Å². The second-order valence-corrected chi connectivity index (χ2v) is 16.9. The van der Waals surface area contributed by atoms with Crippen molar-refractivity contribution in [3.63, 3.8) is 0 Å². The molecule has 0 unspecified atom stereocenters. The average Bonchev–Trinajstić information content (AvgIpc) is 3.94. The number of fused-ring (bicyclic) bond motifs is 8. The molecule has 0 aliphatic carbocycles. The van der Waals surface area contributed by atoms with Crippen molar-refractivity contribution >= 4 is 82.5 Å². The Kier molecular flexibility index (Phi) is 8.53. The summed E-state index contributed by atoms with van der Waals surface area (Å²) in [6.07, 6.45) is 0. The molecule has 0 atom stereocenters. The van der Waals surface area contributed by atoms with Gasteiger partial charge in [-0.15, -0.1) is 0 Å². The minimum atomic E-state index is 0.878. The van der Waals surface area contributed by atoms with Crippen molar-refractivity contribution in [1.82, 2.24) is 0 Å². The minimum Gasteiger partial charge on any atom is -0.456 e. The lowest BCUT2D eigenvalue weighted by atomic mass is 9.96. The predicted molar refractivity (Wildman–Crippen MR) is 272 cm³/mol. The van der Waals surface area contributed by atoms with Gasteiger partial charge in [0.1, 0.15) is 22.3 Å². The second kappa shape index (κ2) is 15.0. The van der Waals surface area contributed by atoms with Crippen LogP contribution in [0.3, 0.4) is 0 Å². The van der Waals surface area contributed by atoms with Crippen LogP contribution in [0.25, 0.3) is 110 Å². The van der Waals surface area contributed by atoms with E-state index in [1.165, 1.54) is 32.8 Å². The zero-order valence-corrected chi connectivity index (χ0v) is 35.3. The maximum atomic E-state index is 6.81. The van der Waals surface area contributed by atoms with E-state index in [2.05, 4.69) is 229 Å². The molecule has 0 amide bonds. The average molecular weight is 830 g/mol. The van der Waals surface area contributed by atoms with E-state index >= 15 is 0 Å². The number of hydrogen-bond donors (Lipinski definition) is 0. The first-order valence-corrected chi connectivity index (χ1v) is 22.1. The van der Waals surface area contributed by atoms with E-state index in [1.54, 1.807) is 0 Å². The molecule has 11 aromatic carbocycles. The van der Waals surface area contributed by atoms with Crippen molar-refractivity contribution in [3.05, 3.63) is 237 Å². The molecular formula is C62H39NO2. The summed E-state index contributed by atoms with van der Waals surface area (Å²) in [4.78, 5) is 2.37. The highest BCUT2D eigenvalue weighted by atomic mass is 16.3. The summed E-state index contributed by atoms with van der Waals surface area (Å²) in [5.74, 6) is 0. The first-order chi connectivity index (χ1) is 32.2. The topological polar surface area (TPSA) is 29.5 Å². The van der Waals surface area contributed by atoms with Gasteiger partial charge >= 0.3 is 0 Å². The standard InChI is InChI=1S/C62H39NO2/c1-2-12-43-36-48(24-23-40(43)11-1)45-16-9-15-44(35-45)41-25-30-50(31-26-41)63(51-32-27-42(28-33-51)49-29-34-54-53-18-6-8-22-59(53)64-60(54)39-49)58-21-7-5-17-52(58)55-19-10-20-56-57-37-46-13-3-4-14-47(46)38-61(57)65-62(55)56/h1-39H. The van der Waals surface area contributed by atoms with Crippen molar-refractivity contribution in [2.75, 3.05) is 4.90 Å². The van der Waals surface area contributed by atoms with Crippen LogP contribution in [0.15, 0.2) is 245 Å². The Hall–Kier alpha value is -8.66. The molecule has 13 rings (SSSR count). The lowest BCUT2D eigenvalue weighted by Crippen LogP contribution is -2.11. The van der Waals surface area contributed by atoms with E-state index in [0.717, 1.165) is 94.1 Å². The van der Waals surface area contributed by atoms with Crippen LogP contribution in [0.1, 0.15) is 0 Å². The predicted octanol–water partition coefficient (Wildman–Crippen LogP) is 17.9. The largest absolute Gasteiger partial charge is 0.456 e. The van der Waals surface area contributed by atoms with Gasteiger partial charge in [-0.1, -0.05) is 164 Å². The van der Waals surface area contributed by atoms with Crippen LogP contribution in [0.5, 0.6) is 0 Å². The van der Waals surface area contributed by atoms with Gasteiger partial charge in [-0.25, -0.2) is 0 Å². The van der Waals surface area contributed by atoms with Gasteiger partial charge in [-0.05, 0) is 128 Å². The van der Waals surface area contributed by atoms with Crippen molar-refractivity contribution in [2.45, 2.75) is 0 Å². The molecule has 0 fully saturated rings. The molecule has 0 spiro atoms. The van der Waals surface area contributed by atoms with E-state index in [0.29, 0.717) is 0 Å². The van der Waals surface area contributed by atoms with Gasteiger partial charge in [0.25, 0.3) is 0 Å². The van der Waals surface area contributed by atoms with Crippen molar-refractivity contribution in [3.8, 4) is 44.5 Å². The lowest BCUT2D eigenvalue weighted by molar-refractivity contribution is 0.669. The van der Waals surface area contributed by atoms with E-state index < -0.39 is 0 Å². The van der Waals surface area contributed by atoms with Gasteiger partial charge in [0.2, 0.25) is 0 Å². The maximum Gasteiger partial charge on any atom is 0.143 e. The van der Waals surface area contributed by atoms with Crippen LogP contribution in [0, 0.1) is 0 Å². The van der Waals surface area contributed by atoms with Crippen molar-refractivity contribution in [2.24, 2.45) is 0 Å². The Balaban J connectivity index is 0.926. The summed E-state index contributed by atoms with van der Waals surface area (Å²) in [6.45, 7) is 0. The molecule has 0 bridgehead atoms. The molecule has 3 nitrogen and oxygen atoms in total. The summed E-state index contributed by atoms with van der Waals surface area (Å²) in [5, 5.41) is 9.33. The number of benzene rings is 11. The molecule has 0 aliphatic rings. The van der Waals surface area contributed by atoms with Crippen LogP contribution >= 0.6 is 0 Å². The molecule has 304 valence electrons. The Morgan fingerprint density at radius 2 is 0.785 bits per heavy atom. The number of furan rings is 2. The van der Waals surface area contributed by atoms with E-state index in [1.807, 2.05) is 12.1 Å². The zero-order valence-electron chi connectivity index (χ0n) is 35.3. The Morgan fingerprint density at radius 3 is 1.57 bits per heavy atom.